The predicted molar refractivity (Wildman–Crippen MR) is 99.9 cm³/mol. The van der Waals surface area contributed by atoms with Gasteiger partial charge in [0.1, 0.15) is 11.3 Å². The molecule has 122 valence electrons. The predicted octanol–water partition coefficient (Wildman–Crippen LogP) is 5.33. The molecule has 0 bridgehead atoms. The molecular formula is C16H10ClF2IN4. The molecule has 0 fully saturated rings. The first-order valence-electron chi connectivity index (χ1n) is 6.99. The number of H-pyrrole nitrogens is 1. The number of hydrogen-bond acceptors (Lipinski definition) is 2. The number of aromatic nitrogens is 3. The van der Waals surface area contributed by atoms with Crippen LogP contribution in [0.1, 0.15) is 0 Å². The average molecular weight is 459 g/mol. The zero-order valence-electron chi connectivity index (χ0n) is 12.3. The summed E-state index contributed by atoms with van der Waals surface area (Å²) in [5, 5.41) is 4.64. The summed E-state index contributed by atoms with van der Waals surface area (Å²) in [5.74, 6) is -0.851. The van der Waals surface area contributed by atoms with E-state index in [9.17, 15) is 8.78 Å². The van der Waals surface area contributed by atoms with Crippen molar-refractivity contribution in [2.75, 3.05) is 5.32 Å². The summed E-state index contributed by atoms with van der Waals surface area (Å²) in [4.78, 5) is 7.40. The Labute approximate surface area is 154 Å². The van der Waals surface area contributed by atoms with Crippen LogP contribution in [0.15, 0.2) is 30.5 Å². The van der Waals surface area contributed by atoms with Crippen molar-refractivity contribution >= 4 is 67.8 Å². The zero-order valence-corrected chi connectivity index (χ0v) is 15.2. The number of rotatable bonds is 2. The quantitative estimate of drug-likeness (QED) is 0.315. The molecule has 24 heavy (non-hydrogen) atoms. The van der Waals surface area contributed by atoms with Crippen molar-refractivity contribution in [1.82, 2.24) is 14.5 Å². The number of imidazole rings is 1. The highest BCUT2D eigenvalue weighted by molar-refractivity contribution is 14.1. The number of anilines is 2. The van der Waals surface area contributed by atoms with Gasteiger partial charge in [-0.25, -0.2) is 13.8 Å². The topological polar surface area (TPSA) is 45.6 Å². The maximum Gasteiger partial charge on any atom is 0.208 e. The molecule has 2 aromatic heterocycles. The second-order valence-corrected chi connectivity index (χ2v) is 6.88. The van der Waals surface area contributed by atoms with Crippen molar-refractivity contribution in [3.63, 3.8) is 0 Å². The van der Waals surface area contributed by atoms with Gasteiger partial charge in [0.2, 0.25) is 5.95 Å². The van der Waals surface area contributed by atoms with Crippen LogP contribution >= 0.6 is 34.2 Å². The highest BCUT2D eigenvalue weighted by atomic mass is 127. The summed E-state index contributed by atoms with van der Waals surface area (Å²) in [6, 6.07) is 6.76. The molecule has 4 rings (SSSR count). The van der Waals surface area contributed by atoms with Gasteiger partial charge < -0.3 is 14.9 Å². The molecule has 4 aromatic rings. The van der Waals surface area contributed by atoms with E-state index in [-0.39, 0.29) is 9.09 Å². The van der Waals surface area contributed by atoms with Gasteiger partial charge in [-0.3, -0.25) is 0 Å². The van der Waals surface area contributed by atoms with Gasteiger partial charge in [0.15, 0.2) is 5.82 Å². The van der Waals surface area contributed by atoms with Crippen LogP contribution in [0.4, 0.5) is 20.4 Å². The first-order chi connectivity index (χ1) is 11.5. The van der Waals surface area contributed by atoms with Crippen LogP contribution in [0.5, 0.6) is 0 Å². The molecule has 2 aromatic carbocycles. The van der Waals surface area contributed by atoms with E-state index in [2.05, 4.69) is 15.3 Å². The molecule has 0 aliphatic rings. The maximum absolute atomic E-state index is 14.3. The average Bonchev–Trinajstić information content (AvgIpc) is 3.09. The molecule has 0 spiro atoms. The molecule has 0 radical (unpaired) electrons. The van der Waals surface area contributed by atoms with Crippen molar-refractivity contribution in [2.45, 2.75) is 0 Å². The number of benzene rings is 2. The third-order valence-corrected chi connectivity index (χ3v) is 5.13. The smallest absolute Gasteiger partial charge is 0.208 e. The standard InChI is InChI=1S/C16H10ClF2IN4/c1-24-12-5-9(18)14(20)13(19)15(12)23-16(24)22-11-6-21-10-3-2-7(17)4-8(10)11/h2-6,21H,1H3,(H,22,23). The monoisotopic (exact) mass is 458 g/mol. The number of aromatic amines is 1. The Kier molecular flexibility index (Phi) is 3.65. The summed E-state index contributed by atoms with van der Waals surface area (Å²) in [6.45, 7) is 0. The van der Waals surface area contributed by atoms with E-state index in [0.717, 1.165) is 16.6 Å². The van der Waals surface area contributed by atoms with E-state index >= 15 is 0 Å². The Hall–Kier alpha value is -1.87. The lowest BCUT2D eigenvalue weighted by molar-refractivity contribution is 0.577. The minimum atomic E-state index is -0.656. The number of hydrogen-bond donors (Lipinski definition) is 2. The van der Waals surface area contributed by atoms with E-state index in [4.69, 9.17) is 11.6 Å². The van der Waals surface area contributed by atoms with Gasteiger partial charge in [0.25, 0.3) is 0 Å². The molecule has 0 saturated heterocycles. The van der Waals surface area contributed by atoms with Crippen LogP contribution in [0.3, 0.4) is 0 Å². The first kappa shape index (κ1) is 15.6. The van der Waals surface area contributed by atoms with Gasteiger partial charge in [-0.05, 0) is 40.8 Å². The third-order valence-electron chi connectivity index (χ3n) is 3.90. The minimum Gasteiger partial charge on any atom is -0.359 e. The van der Waals surface area contributed by atoms with Gasteiger partial charge in [0.05, 0.1) is 14.8 Å². The second-order valence-electron chi connectivity index (χ2n) is 5.37. The van der Waals surface area contributed by atoms with E-state index in [1.807, 2.05) is 12.1 Å². The molecular weight excluding hydrogens is 449 g/mol. The maximum atomic E-state index is 14.3. The fourth-order valence-electron chi connectivity index (χ4n) is 2.66. The van der Waals surface area contributed by atoms with E-state index in [1.165, 1.54) is 6.07 Å². The van der Waals surface area contributed by atoms with Gasteiger partial charge in [-0.15, -0.1) is 0 Å². The summed E-state index contributed by atoms with van der Waals surface area (Å²) in [6.07, 6.45) is 1.78. The highest BCUT2D eigenvalue weighted by Crippen LogP contribution is 2.31. The van der Waals surface area contributed by atoms with Gasteiger partial charge in [-0.2, -0.15) is 0 Å². The van der Waals surface area contributed by atoms with Gasteiger partial charge in [0, 0.05) is 35.2 Å². The van der Waals surface area contributed by atoms with Crippen LogP contribution in [0, 0.1) is 15.2 Å². The van der Waals surface area contributed by atoms with Crippen LogP contribution in [-0.4, -0.2) is 14.5 Å². The number of aryl methyl sites for hydroxylation is 1. The van der Waals surface area contributed by atoms with Crippen molar-refractivity contribution < 1.29 is 8.78 Å². The van der Waals surface area contributed by atoms with E-state index < -0.39 is 11.6 Å². The Morgan fingerprint density at radius 3 is 2.88 bits per heavy atom. The largest absolute Gasteiger partial charge is 0.359 e. The van der Waals surface area contributed by atoms with Crippen LogP contribution < -0.4 is 5.32 Å². The number of halogens is 4. The number of nitrogens with one attached hydrogen (secondary N) is 2. The van der Waals surface area contributed by atoms with Crippen molar-refractivity contribution in [1.29, 1.82) is 0 Å². The van der Waals surface area contributed by atoms with E-state index in [1.54, 1.807) is 46.5 Å². The van der Waals surface area contributed by atoms with Crippen molar-refractivity contribution in [3.05, 3.63) is 50.7 Å². The third kappa shape index (κ3) is 2.34. The summed E-state index contributed by atoms with van der Waals surface area (Å²) < 4.78 is 29.6. The molecule has 0 saturated carbocycles. The molecule has 4 nitrogen and oxygen atoms in total. The highest BCUT2D eigenvalue weighted by Gasteiger charge is 2.18. The van der Waals surface area contributed by atoms with Gasteiger partial charge >= 0.3 is 0 Å². The summed E-state index contributed by atoms with van der Waals surface area (Å²) >= 11 is 7.68. The Balaban J connectivity index is 1.86. The molecule has 0 unspecified atom stereocenters. The molecule has 0 aliphatic heterocycles. The minimum absolute atomic E-state index is 0.0661. The van der Waals surface area contributed by atoms with Crippen LogP contribution in [0.2, 0.25) is 5.02 Å². The lowest BCUT2D eigenvalue weighted by atomic mass is 10.2. The summed E-state index contributed by atoms with van der Waals surface area (Å²) in [7, 11) is 1.70. The zero-order chi connectivity index (χ0) is 17.0. The number of nitrogens with zero attached hydrogens (tertiary/aromatic N) is 2. The summed E-state index contributed by atoms with van der Waals surface area (Å²) in [5.41, 5.74) is 2.17. The van der Waals surface area contributed by atoms with Crippen molar-refractivity contribution in [2.24, 2.45) is 7.05 Å². The molecule has 2 N–H and O–H groups in total. The molecule has 0 aliphatic carbocycles. The van der Waals surface area contributed by atoms with Crippen LogP contribution in [-0.2, 0) is 7.05 Å². The molecule has 0 amide bonds. The van der Waals surface area contributed by atoms with E-state index in [0.29, 0.717) is 16.5 Å². The second kappa shape index (κ2) is 5.59. The molecule has 0 atom stereocenters. The lowest BCUT2D eigenvalue weighted by Crippen LogP contribution is -1.98. The van der Waals surface area contributed by atoms with Crippen molar-refractivity contribution in [3.8, 4) is 0 Å². The lowest BCUT2D eigenvalue weighted by Gasteiger charge is -2.05. The first-order valence-corrected chi connectivity index (χ1v) is 8.45. The Bertz CT molecular complexity index is 1100. The SMILES string of the molecule is Cn1c(Nc2c[nH]c3ccc(Cl)cc23)nc2c(F)c(I)c(F)cc21. The normalized spacial score (nSPS) is 11.5. The van der Waals surface area contributed by atoms with Crippen LogP contribution in [0.25, 0.3) is 21.9 Å². The Morgan fingerprint density at radius 2 is 2.08 bits per heavy atom. The Morgan fingerprint density at radius 1 is 1.29 bits per heavy atom. The fraction of sp³-hybridized carbons (Fsp3) is 0.0625. The fourth-order valence-corrected chi connectivity index (χ4v) is 3.24. The van der Waals surface area contributed by atoms with Gasteiger partial charge in [-0.1, -0.05) is 11.6 Å². The number of fused-ring (bicyclic) bond motifs is 2. The molecule has 8 heteroatoms. The molecule has 2 heterocycles.